The maximum absolute atomic E-state index is 12.3. The average Bonchev–Trinajstić information content (AvgIpc) is 2.99. The quantitative estimate of drug-likeness (QED) is 0.776. The lowest BCUT2D eigenvalue weighted by atomic mass is 10.1. The topological polar surface area (TPSA) is 72.7 Å². The first-order chi connectivity index (χ1) is 11.9. The highest BCUT2D eigenvalue weighted by molar-refractivity contribution is 6.34. The summed E-state index contributed by atoms with van der Waals surface area (Å²) in [6.07, 6.45) is 0. The van der Waals surface area contributed by atoms with Crippen LogP contribution in [0.4, 0.5) is 5.69 Å². The minimum Gasteiger partial charge on any atom is -0.323 e. The Morgan fingerprint density at radius 2 is 1.92 bits per heavy atom. The summed E-state index contributed by atoms with van der Waals surface area (Å²) in [5, 5.41) is 15.6. The van der Waals surface area contributed by atoms with Crippen molar-refractivity contribution in [2.24, 2.45) is 0 Å². The molecule has 0 spiro atoms. The number of aryl methyl sites for hydroxylation is 3. The number of halogens is 1. The van der Waals surface area contributed by atoms with E-state index in [9.17, 15) is 4.79 Å². The van der Waals surface area contributed by atoms with Gasteiger partial charge in [0.15, 0.2) is 0 Å². The fourth-order valence-electron chi connectivity index (χ4n) is 2.62. The van der Waals surface area contributed by atoms with Gasteiger partial charge in [-0.3, -0.25) is 4.79 Å². The van der Waals surface area contributed by atoms with Crippen LogP contribution in [0.2, 0.25) is 5.02 Å². The van der Waals surface area contributed by atoms with Crippen LogP contribution in [0.5, 0.6) is 0 Å². The smallest absolute Gasteiger partial charge is 0.248 e. The number of aromatic nitrogens is 4. The van der Waals surface area contributed by atoms with Crippen LogP contribution in [-0.4, -0.2) is 26.1 Å². The maximum Gasteiger partial charge on any atom is 0.248 e. The first-order valence-corrected chi connectivity index (χ1v) is 8.22. The summed E-state index contributed by atoms with van der Waals surface area (Å²) in [5.41, 5.74) is 4.50. The van der Waals surface area contributed by atoms with Gasteiger partial charge in [0, 0.05) is 5.56 Å². The molecule has 0 fully saturated rings. The lowest BCUT2D eigenvalue weighted by Gasteiger charge is -2.11. The van der Waals surface area contributed by atoms with Crippen molar-refractivity contribution in [2.45, 2.75) is 27.3 Å². The molecule has 7 heteroatoms. The molecule has 0 saturated heterocycles. The van der Waals surface area contributed by atoms with E-state index in [0.29, 0.717) is 16.5 Å². The number of tetrazole rings is 1. The molecule has 1 amide bonds. The number of anilines is 1. The molecule has 0 aliphatic heterocycles. The van der Waals surface area contributed by atoms with Crippen molar-refractivity contribution in [1.29, 1.82) is 0 Å². The first-order valence-electron chi connectivity index (χ1n) is 7.84. The fourth-order valence-corrected chi connectivity index (χ4v) is 2.99. The van der Waals surface area contributed by atoms with Gasteiger partial charge in [-0.1, -0.05) is 41.9 Å². The van der Waals surface area contributed by atoms with Crippen molar-refractivity contribution in [1.82, 2.24) is 20.2 Å². The van der Waals surface area contributed by atoms with Gasteiger partial charge >= 0.3 is 0 Å². The molecule has 0 saturated carbocycles. The molecule has 128 valence electrons. The van der Waals surface area contributed by atoms with E-state index in [-0.39, 0.29) is 12.5 Å². The zero-order chi connectivity index (χ0) is 18.0. The molecule has 0 atom stereocenters. The number of carbonyl (C=O) groups excluding carboxylic acids is 1. The van der Waals surface area contributed by atoms with Crippen LogP contribution < -0.4 is 5.32 Å². The highest BCUT2D eigenvalue weighted by Gasteiger charge is 2.13. The third-order valence-electron chi connectivity index (χ3n) is 3.82. The van der Waals surface area contributed by atoms with Crippen LogP contribution in [-0.2, 0) is 11.3 Å². The van der Waals surface area contributed by atoms with Crippen LogP contribution in [0.1, 0.15) is 16.7 Å². The molecular weight excluding hydrogens is 338 g/mol. The molecule has 3 aromatic rings. The summed E-state index contributed by atoms with van der Waals surface area (Å²) in [6.45, 7) is 5.79. The molecule has 3 rings (SSSR count). The molecule has 1 heterocycles. The third kappa shape index (κ3) is 3.85. The summed E-state index contributed by atoms with van der Waals surface area (Å²) < 4.78 is 0. The van der Waals surface area contributed by atoms with Gasteiger partial charge in [0.25, 0.3) is 0 Å². The van der Waals surface area contributed by atoms with Gasteiger partial charge in [0.1, 0.15) is 6.54 Å². The number of rotatable bonds is 4. The molecule has 2 aromatic carbocycles. The van der Waals surface area contributed by atoms with E-state index in [4.69, 9.17) is 11.6 Å². The lowest BCUT2D eigenvalue weighted by molar-refractivity contribution is -0.117. The predicted octanol–water partition coefficient (Wildman–Crippen LogP) is 3.56. The Morgan fingerprint density at radius 3 is 2.64 bits per heavy atom. The molecule has 6 nitrogen and oxygen atoms in total. The molecule has 0 bridgehead atoms. The second-order valence-electron chi connectivity index (χ2n) is 5.95. The molecule has 0 aliphatic rings. The number of carbonyl (C=O) groups is 1. The van der Waals surface area contributed by atoms with Crippen LogP contribution in [0.25, 0.3) is 11.4 Å². The van der Waals surface area contributed by atoms with E-state index in [1.807, 2.05) is 57.2 Å². The molecule has 25 heavy (non-hydrogen) atoms. The monoisotopic (exact) mass is 355 g/mol. The SMILES string of the molecule is Cc1cc(C)c(NC(=O)Cn2nnc(-c3ccccc3C)n2)c(Cl)c1. The summed E-state index contributed by atoms with van der Waals surface area (Å²) in [5.74, 6) is 0.234. The molecule has 0 aliphatic carbocycles. The van der Waals surface area contributed by atoms with Crippen molar-refractivity contribution in [3.05, 3.63) is 58.1 Å². The van der Waals surface area contributed by atoms with Crippen molar-refractivity contribution in [2.75, 3.05) is 5.32 Å². The minimum atomic E-state index is -0.261. The van der Waals surface area contributed by atoms with E-state index in [2.05, 4.69) is 20.7 Å². The molecule has 0 radical (unpaired) electrons. The predicted molar refractivity (Wildman–Crippen MR) is 97.5 cm³/mol. The van der Waals surface area contributed by atoms with Gasteiger partial charge in [-0.05, 0) is 48.7 Å². The second kappa shape index (κ2) is 7.03. The van der Waals surface area contributed by atoms with Gasteiger partial charge in [0.05, 0.1) is 10.7 Å². The number of hydrogen-bond donors (Lipinski definition) is 1. The Kier molecular flexibility index (Phi) is 4.81. The Hall–Kier alpha value is -2.73. The normalized spacial score (nSPS) is 10.7. The van der Waals surface area contributed by atoms with E-state index in [1.54, 1.807) is 0 Å². The van der Waals surface area contributed by atoms with E-state index in [0.717, 1.165) is 22.3 Å². The Balaban J connectivity index is 1.74. The maximum atomic E-state index is 12.3. The molecule has 1 N–H and O–H groups in total. The van der Waals surface area contributed by atoms with Gasteiger partial charge in [-0.25, -0.2) is 0 Å². The summed E-state index contributed by atoms with van der Waals surface area (Å²) in [6, 6.07) is 11.5. The third-order valence-corrected chi connectivity index (χ3v) is 4.12. The van der Waals surface area contributed by atoms with Crippen molar-refractivity contribution in [3.63, 3.8) is 0 Å². The molecule has 0 unspecified atom stereocenters. The standard InChI is InChI=1S/C18H18ClN5O/c1-11-8-13(3)17(15(19)9-11)20-16(25)10-24-22-18(21-23-24)14-7-5-4-6-12(14)2/h4-9H,10H2,1-3H3,(H,20,25). The lowest BCUT2D eigenvalue weighted by Crippen LogP contribution is -2.21. The number of nitrogens with zero attached hydrogens (tertiary/aromatic N) is 4. The average molecular weight is 356 g/mol. The first kappa shape index (κ1) is 17.1. The summed E-state index contributed by atoms with van der Waals surface area (Å²) >= 11 is 6.22. The molecule has 1 aromatic heterocycles. The number of nitrogens with one attached hydrogen (secondary N) is 1. The van der Waals surface area contributed by atoms with E-state index < -0.39 is 0 Å². The van der Waals surface area contributed by atoms with Crippen molar-refractivity contribution < 1.29 is 4.79 Å². The van der Waals surface area contributed by atoms with Gasteiger partial charge in [-0.15, -0.1) is 10.2 Å². The van der Waals surface area contributed by atoms with Gasteiger partial charge in [0.2, 0.25) is 11.7 Å². The Morgan fingerprint density at radius 1 is 1.16 bits per heavy atom. The van der Waals surface area contributed by atoms with Crippen LogP contribution in [0, 0.1) is 20.8 Å². The Labute approximate surface area is 150 Å². The van der Waals surface area contributed by atoms with Gasteiger partial charge < -0.3 is 5.32 Å². The molecular formula is C18H18ClN5O. The largest absolute Gasteiger partial charge is 0.323 e. The van der Waals surface area contributed by atoms with E-state index >= 15 is 0 Å². The van der Waals surface area contributed by atoms with Gasteiger partial charge in [-0.2, -0.15) is 4.80 Å². The number of amides is 1. The van der Waals surface area contributed by atoms with Crippen LogP contribution in [0.15, 0.2) is 36.4 Å². The Bertz CT molecular complexity index is 912. The zero-order valence-corrected chi connectivity index (χ0v) is 15.0. The zero-order valence-electron chi connectivity index (χ0n) is 14.2. The van der Waals surface area contributed by atoms with E-state index in [1.165, 1.54) is 4.80 Å². The minimum absolute atomic E-state index is 0.0392. The number of hydrogen-bond acceptors (Lipinski definition) is 4. The van der Waals surface area contributed by atoms with Crippen molar-refractivity contribution >= 4 is 23.2 Å². The highest BCUT2D eigenvalue weighted by atomic mass is 35.5. The number of benzene rings is 2. The van der Waals surface area contributed by atoms with Crippen LogP contribution >= 0.6 is 11.6 Å². The fraction of sp³-hybridized carbons (Fsp3) is 0.222. The summed E-state index contributed by atoms with van der Waals surface area (Å²) in [7, 11) is 0. The van der Waals surface area contributed by atoms with Crippen LogP contribution in [0.3, 0.4) is 0 Å². The van der Waals surface area contributed by atoms with Crippen molar-refractivity contribution in [3.8, 4) is 11.4 Å². The summed E-state index contributed by atoms with van der Waals surface area (Å²) in [4.78, 5) is 13.6. The highest BCUT2D eigenvalue weighted by Crippen LogP contribution is 2.27. The second-order valence-corrected chi connectivity index (χ2v) is 6.35.